The van der Waals surface area contributed by atoms with E-state index in [1.54, 1.807) is 0 Å². The third-order valence-electron chi connectivity index (χ3n) is 3.14. The lowest BCUT2D eigenvalue weighted by atomic mass is 10.0. The summed E-state index contributed by atoms with van der Waals surface area (Å²) in [6.07, 6.45) is 1.88. The van der Waals surface area contributed by atoms with Crippen molar-refractivity contribution in [2.45, 2.75) is 6.92 Å². The van der Waals surface area contributed by atoms with Gasteiger partial charge >= 0.3 is 0 Å². The molecule has 0 amide bonds. The van der Waals surface area contributed by atoms with E-state index in [0.717, 1.165) is 27.1 Å². The summed E-state index contributed by atoms with van der Waals surface area (Å²) in [5.74, 6) is 0. The number of pyridine rings is 1. The van der Waals surface area contributed by atoms with Crippen molar-refractivity contribution < 1.29 is 0 Å². The van der Waals surface area contributed by atoms with Crippen molar-refractivity contribution in [3.8, 4) is 11.3 Å². The fourth-order valence-corrected chi connectivity index (χ4v) is 2.48. The predicted octanol–water partition coefficient (Wildman–Crippen LogP) is 4.86. The Morgan fingerprint density at radius 1 is 0.944 bits per heavy atom. The zero-order valence-corrected chi connectivity index (χ0v) is 10.8. The molecule has 0 spiro atoms. The Labute approximate surface area is 111 Å². The Morgan fingerprint density at radius 3 is 2.50 bits per heavy atom. The Morgan fingerprint density at radius 2 is 1.67 bits per heavy atom. The van der Waals surface area contributed by atoms with Crippen LogP contribution in [0.4, 0.5) is 0 Å². The molecule has 0 aliphatic carbocycles. The minimum Gasteiger partial charge on any atom is -0.254 e. The second-order valence-corrected chi connectivity index (χ2v) is 4.70. The Hall–Kier alpha value is -1.86. The highest BCUT2D eigenvalue weighted by molar-refractivity contribution is 6.37. The summed E-state index contributed by atoms with van der Waals surface area (Å²) in [4.78, 5) is 4.51. The monoisotopic (exact) mass is 253 g/mol. The first-order chi connectivity index (χ1) is 8.77. The molecule has 3 aromatic rings. The van der Waals surface area contributed by atoms with Gasteiger partial charge in [0.15, 0.2) is 0 Å². The van der Waals surface area contributed by atoms with Gasteiger partial charge in [0.05, 0.1) is 10.7 Å². The van der Waals surface area contributed by atoms with Crippen LogP contribution in [0.1, 0.15) is 5.56 Å². The molecule has 0 fully saturated rings. The van der Waals surface area contributed by atoms with Gasteiger partial charge in [0.2, 0.25) is 0 Å². The molecular weight excluding hydrogens is 242 g/mol. The number of hydrogen-bond acceptors (Lipinski definition) is 1. The number of nitrogens with zero attached hydrogens (tertiary/aromatic N) is 1. The fraction of sp³-hybridized carbons (Fsp3) is 0.0625. The zero-order valence-electron chi connectivity index (χ0n) is 10.0. The number of halogens is 1. The van der Waals surface area contributed by atoms with Gasteiger partial charge in [0.25, 0.3) is 0 Å². The molecule has 1 nitrogen and oxygen atoms in total. The van der Waals surface area contributed by atoms with Crippen molar-refractivity contribution in [3.63, 3.8) is 0 Å². The summed E-state index contributed by atoms with van der Waals surface area (Å²) in [5, 5.41) is 2.84. The molecule has 0 N–H and O–H groups in total. The van der Waals surface area contributed by atoms with Crippen LogP contribution >= 0.6 is 11.6 Å². The largest absolute Gasteiger partial charge is 0.254 e. The van der Waals surface area contributed by atoms with E-state index >= 15 is 0 Å². The number of benzene rings is 2. The Balaban J connectivity index is 2.31. The first kappa shape index (κ1) is 11.2. The van der Waals surface area contributed by atoms with Gasteiger partial charge in [-0.3, -0.25) is 4.98 Å². The number of fused-ring (bicyclic) bond motifs is 1. The van der Waals surface area contributed by atoms with E-state index in [9.17, 15) is 0 Å². The molecular formula is C16H12ClN. The normalized spacial score (nSPS) is 10.8. The van der Waals surface area contributed by atoms with Gasteiger partial charge in [-0.2, -0.15) is 0 Å². The van der Waals surface area contributed by atoms with E-state index in [1.165, 1.54) is 5.56 Å². The molecule has 88 valence electrons. The molecule has 0 unspecified atom stereocenters. The van der Waals surface area contributed by atoms with Gasteiger partial charge in [0, 0.05) is 22.5 Å². The van der Waals surface area contributed by atoms with Crippen molar-refractivity contribution in [3.05, 3.63) is 65.3 Å². The van der Waals surface area contributed by atoms with Gasteiger partial charge in [-0.15, -0.1) is 0 Å². The first-order valence-corrected chi connectivity index (χ1v) is 6.24. The topological polar surface area (TPSA) is 12.9 Å². The van der Waals surface area contributed by atoms with Crippen molar-refractivity contribution in [1.29, 1.82) is 0 Å². The van der Waals surface area contributed by atoms with E-state index < -0.39 is 0 Å². The molecule has 0 aliphatic heterocycles. The third kappa shape index (κ3) is 1.77. The summed E-state index contributed by atoms with van der Waals surface area (Å²) >= 11 is 6.49. The molecule has 3 rings (SSSR count). The van der Waals surface area contributed by atoms with E-state index in [4.69, 9.17) is 11.6 Å². The Kier molecular flexibility index (Phi) is 2.77. The van der Waals surface area contributed by atoms with Crippen LogP contribution in [-0.2, 0) is 0 Å². The first-order valence-electron chi connectivity index (χ1n) is 5.86. The van der Waals surface area contributed by atoms with Gasteiger partial charge in [0.1, 0.15) is 0 Å². The molecule has 0 saturated heterocycles. The third-order valence-corrected chi connectivity index (χ3v) is 3.52. The molecule has 0 aliphatic rings. The van der Waals surface area contributed by atoms with E-state index in [-0.39, 0.29) is 0 Å². The number of hydrogen-bond donors (Lipinski definition) is 0. The molecule has 0 atom stereocenters. The quantitative estimate of drug-likeness (QED) is 0.603. The maximum atomic E-state index is 6.49. The Bertz CT molecular complexity index is 719. The van der Waals surface area contributed by atoms with Crippen LogP contribution < -0.4 is 0 Å². The average Bonchev–Trinajstić information content (AvgIpc) is 2.41. The number of rotatable bonds is 1. The maximum Gasteiger partial charge on any atom is 0.0897 e. The number of aryl methyl sites for hydroxylation is 1. The van der Waals surface area contributed by atoms with Gasteiger partial charge < -0.3 is 0 Å². The molecule has 18 heavy (non-hydrogen) atoms. The van der Waals surface area contributed by atoms with Crippen molar-refractivity contribution in [1.82, 2.24) is 4.98 Å². The van der Waals surface area contributed by atoms with Crippen LogP contribution in [0.15, 0.2) is 54.7 Å². The summed E-state index contributed by atoms with van der Waals surface area (Å²) in [6.45, 7) is 2.07. The minimum atomic E-state index is 0.724. The van der Waals surface area contributed by atoms with Gasteiger partial charge in [-0.05, 0) is 12.5 Å². The highest BCUT2D eigenvalue weighted by atomic mass is 35.5. The standard InChI is InChI=1S/C16H12ClN/c1-11-6-2-4-8-13(11)16-15(17)14-9-5-3-7-12(14)10-18-16/h2-10H,1H3. The van der Waals surface area contributed by atoms with Crippen LogP contribution in [0.2, 0.25) is 5.02 Å². The van der Waals surface area contributed by atoms with Crippen LogP contribution in [-0.4, -0.2) is 4.98 Å². The highest BCUT2D eigenvalue weighted by Gasteiger charge is 2.10. The van der Waals surface area contributed by atoms with E-state index in [1.807, 2.05) is 42.6 Å². The maximum absolute atomic E-state index is 6.49. The fourth-order valence-electron chi connectivity index (χ4n) is 2.15. The summed E-state index contributed by atoms with van der Waals surface area (Å²) in [6, 6.07) is 16.2. The lowest BCUT2D eigenvalue weighted by molar-refractivity contribution is 1.33. The second-order valence-electron chi connectivity index (χ2n) is 4.32. The number of aromatic nitrogens is 1. The average molecular weight is 254 g/mol. The molecule has 0 radical (unpaired) electrons. The predicted molar refractivity (Wildman–Crippen MR) is 76.9 cm³/mol. The SMILES string of the molecule is Cc1ccccc1-c1ncc2ccccc2c1Cl. The van der Waals surface area contributed by atoms with E-state index in [2.05, 4.69) is 24.0 Å². The van der Waals surface area contributed by atoms with Crippen LogP contribution in [0.3, 0.4) is 0 Å². The van der Waals surface area contributed by atoms with Crippen LogP contribution in [0.5, 0.6) is 0 Å². The summed E-state index contributed by atoms with van der Waals surface area (Å²) in [7, 11) is 0. The molecule has 1 heterocycles. The smallest absolute Gasteiger partial charge is 0.0897 e. The molecule has 0 saturated carbocycles. The van der Waals surface area contributed by atoms with Crippen LogP contribution in [0.25, 0.3) is 22.0 Å². The lowest BCUT2D eigenvalue weighted by Gasteiger charge is -2.09. The van der Waals surface area contributed by atoms with Crippen molar-refractivity contribution in [2.75, 3.05) is 0 Å². The van der Waals surface area contributed by atoms with Gasteiger partial charge in [-0.1, -0.05) is 60.1 Å². The molecule has 0 bridgehead atoms. The molecule has 2 heteroatoms. The van der Waals surface area contributed by atoms with Crippen molar-refractivity contribution in [2.24, 2.45) is 0 Å². The molecule has 2 aromatic carbocycles. The zero-order chi connectivity index (χ0) is 12.5. The van der Waals surface area contributed by atoms with Gasteiger partial charge in [-0.25, -0.2) is 0 Å². The molecule has 1 aromatic heterocycles. The summed E-state index contributed by atoms with van der Waals surface area (Å²) < 4.78 is 0. The highest BCUT2D eigenvalue weighted by Crippen LogP contribution is 2.33. The lowest BCUT2D eigenvalue weighted by Crippen LogP contribution is -1.89. The van der Waals surface area contributed by atoms with Crippen molar-refractivity contribution >= 4 is 22.4 Å². The second kappa shape index (κ2) is 4.43. The van der Waals surface area contributed by atoms with Crippen LogP contribution in [0, 0.1) is 6.92 Å². The minimum absolute atomic E-state index is 0.724. The summed E-state index contributed by atoms with van der Waals surface area (Å²) in [5.41, 5.74) is 3.13. The van der Waals surface area contributed by atoms with E-state index in [0.29, 0.717) is 0 Å².